The van der Waals surface area contributed by atoms with Crippen molar-refractivity contribution in [2.24, 2.45) is 0 Å². The number of hydrogen-bond acceptors (Lipinski definition) is 4. The number of nitrogens with zero attached hydrogens (tertiary/aromatic N) is 1. The Hall–Kier alpha value is -1.10. The second-order valence-corrected chi connectivity index (χ2v) is 4.01. The number of likely N-dealkylation sites (N-methyl/N-ethyl adjacent to an activating group) is 1. The van der Waals surface area contributed by atoms with Crippen LogP contribution in [0.2, 0.25) is 0 Å². The predicted molar refractivity (Wildman–Crippen MR) is 62.5 cm³/mol. The smallest absolute Gasteiger partial charge is 0.325 e. The Morgan fingerprint density at radius 2 is 2.12 bits per heavy atom. The summed E-state index contributed by atoms with van der Waals surface area (Å²) >= 11 is 0. The zero-order valence-electron chi connectivity index (χ0n) is 10.6. The first kappa shape index (κ1) is 14.0. The molecule has 0 aliphatic carbocycles. The third-order valence-electron chi connectivity index (χ3n) is 2.77. The molecule has 1 fully saturated rings. The van der Waals surface area contributed by atoms with Crippen LogP contribution in [-0.2, 0) is 19.1 Å². The van der Waals surface area contributed by atoms with Gasteiger partial charge in [0.1, 0.15) is 12.6 Å². The van der Waals surface area contributed by atoms with Crippen LogP contribution in [0.15, 0.2) is 0 Å². The number of carbonyl (C=O) groups is 2. The van der Waals surface area contributed by atoms with E-state index in [9.17, 15) is 9.59 Å². The number of amides is 1. The van der Waals surface area contributed by atoms with Crippen molar-refractivity contribution in [3.63, 3.8) is 0 Å². The van der Waals surface area contributed by atoms with Gasteiger partial charge in [0, 0.05) is 13.2 Å². The van der Waals surface area contributed by atoms with E-state index in [2.05, 4.69) is 0 Å². The van der Waals surface area contributed by atoms with Crippen molar-refractivity contribution in [3.8, 4) is 0 Å². The monoisotopic (exact) mass is 243 g/mol. The summed E-state index contributed by atoms with van der Waals surface area (Å²) in [7, 11) is 0. The second-order valence-electron chi connectivity index (χ2n) is 4.01. The Kier molecular flexibility index (Phi) is 5.97. The maximum Gasteiger partial charge on any atom is 0.325 e. The van der Waals surface area contributed by atoms with Crippen LogP contribution >= 0.6 is 0 Å². The summed E-state index contributed by atoms with van der Waals surface area (Å²) in [6, 6.07) is 0. The molecule has 0 N–H and O–H groups in total. The Bertz CT molecular complexity index is 261. The molecular formula is C12H21NO4. The molecule has 0 spiro atoms. The van der Waals surface area contributed by atoms with Gasteiger partial charge in [-0.15, -0.1) is 0 Å². The molecule has 1 aliphatic heterocycles. The molecule has 0 aromatic rings. The normalized spacial score (nSPS) is 19.8. The SMILES string of the molecule is CCOC(=O)CN(CC)C(=O)C1CCCCO1. The Labute approximate surface area is 102 Å². The maximum absolute atomic E-state index is 12.1. The largest absolute Gasteiger partial charge is 0.465 e. The van der Waals surface area contributed by atoms with Gasteiger partial charge in [-0.05, 0) is 33.1 Å². The van der Waals surface area contributed by atoms with E-state index in [0.29, 0.717) is 19.8 Å². The fourth-order valence-corrected chi connectivity index (χ4v) is 1.85. The first-order valence-corrected chi connectivity index (χ1v) is 6.25. The average molecular weight is 243 g/mol. The van der Waals surface area contributed by atoms with E-state index < -0.39 is 0 Å². The number of ether oxygens (including phenoxy) is 2. The lowest BCUT2D eigenvalue weighted by molar-refractivity contribution is -0.154. The van der Waals surface area contributed by atoms with E-state index in [-0.39, 0.29) is 24.5 Å². The van der Waals surface area contributed by atoms with Crippen LogP contribution in [0, 0.1) is 0 Å². The first-order valence-electron chi connectivity index (χ1n) is 6.25. The van der Waals surface area contributed by atoms with Gasteiger partial charge in [0.2, 0.25) is 0 Å². The van der Waals surface area contributed by atoms with Crippen LogP contribution in [0.1, 0.15) is 33.1 Å². The number of rotatable bonds is 5. The molecule has 17 heavy (non-hydrogen) atoms. The van der Waals surface area contributed by atoms with Crippen LogP contribution in [-0.4, -0.2) is 49.2 Å². The van der Waals surface area contributed by atoms with E-state index in [0.717, 1.165) is 19.3 Å². The van der Waals surface area contributed by atoms with Crippen molar-refractivity contribution in [1.29, 1.82) is 0 Å². The fraction of sp³-hybridized carbons (Fsp3) is 0.833. The zero-order valence-corrected chi connectivity index (χ0v) is 10.6. The highest BCUT2D eigenvalue weighted by molar-refractivity contribution is 5.85. The molecule has 0 bridgehead atoms. The molecule has 1 saturated heterocycles. The van der Waals surface area contributed by atoms with Crippen LogP contribution < -0.4 is 0 Å². The van der Waals surface area contributed by atoms with Gasteiger partial charge >= 0.3 is 5.97 Å². The third-order valence-corrected chi connectivity index (χ3v) is 2.77. The Morgan fingerprint density at radius 3 is 2.65 bits per heavy atom. The van der Waals surface area contributed by atoms with Crippen molar-refractivity contribution in [2.45, 2.75) is 39.2 Å². The van der Waals surface area contributed by atoms with Gasteiger partial charge in [-0.3, -0.25) is 9.59 Å². The molecule has 1 heterocycles. The lowest BCUT2D eigenvalue weighted by atomic mass is 10.1. The quantitative estimate of drug-likeness (QED) is 0.675. The molecule has 1 amide bonds. The van der Waals surface area contributed by atoms with Gasteiger partial charge in [0.05, 0.1) is 6.61 Å². The van der Waals surface area contributed by atoms with E-state index in [1.54, 1.807) is 6.92 Å². The van der Waals surface area contributed by atoms with E-state index in [1.165, 1.54) is 4.90 Å². The highest BCUT2D eigenvalue weighted by Crippen LogP contribution is 2.15. The number of carbonyl (C=O) groups excluding carboxylic acids is 2. The number of hydrogen-bond donors (Lipinski definition) is 0. The van der Waals surface area contributed by atoms with Gasteiger partial charge in [0.15, 0.2) is 0 Å². The van der Waals surface area contributed by atoms with E-state index in [1.807, 2.05) is 6.92 Å². The third kappa shape index (κ3) is 4.34. The molecule has 1 unspecified atom stereocenters. The zero-order chi connectivity index (χ0) is 12.7. The lowest BCUT2D eigenvalue weighted by Crippen LogP contribution is -2.44. The van der Waals surface area contributed by atoms with Crippen LogP contribution in [0.4, 0.5) is 0 Å². The Morgan fingerprint density at radius 1 is 1.35 bits per heavy atom. The number of esters is 1. The maximum atomic E-state index is 12.1. The van der Waals surface area contributed by atoms with Crippen molar-refractivity contribution in [2.75, 3.05) is 26.3 Å². The van der Waals surface area contributed by atoms with Crippen LogP contribution in [0.25, 0.3) is 0 Å². The summed E-state index contributed by atoms with van der Waals surface area (Å²) in [4.78, 5) is 24.9. The highest BCUT2D eigenvalue weighted by Gasteiger charge is 2.27. The highest BCUT2D eigenvalue weighted by atomic mass is 16.5. The lowest BCUT2D eigenvalue weighted by Gasteiger charge is -2.27. The Balaban J connectivity index is 2.47. The van der Waals surface area contributed by atoms with Gasteiger partial charge in [-0.2, -0.15) is 0 Å². The molecular weight excluding hydrogens is 222 g/mol. The second kappa shape index (κ2) is 7.27. The molecule has 1 atom stereocenters. The van der Waals surface area contributed by atoms with Gasteiger partial charge in [-0.1, -0.05) is 0 Å². The van der Waals surface area contributed by atoms with E-state index in [4.69, 9.17) is 9.47 Å². The summed E-state index contributed by atoms with van der Waals surface area (Å²) in [6.45, 7) is 5.08. The summed E-state index contributed by atoms with van der Waals surface area (Å²) < 4.78 is 10.3. The molecule has 5 nitrogen and oxygen atoms in total. The summed E-state index contributed by atoms with van der Waals surface area (Å²) in [6.07, 6.45) is 2.39. The molecule has 98 valence electrons. The van der Waals surface area contributed by atoms with E-state index >= 15 is 0 Å². The van der Waals surface area contributed by atoms with Crippen LogP contribution in [0.5, 0.6) is 0 Å². The summed E-state index contributed by atoms with van der Waals surface area (Å²) in [5.41, 5.74) is 0. The molecule has 1 aliphatic rings. The minimum Gasteiger partial charge on any atom is -0.465 e. The average Bonchev–Trinajstić information content (AvgIpc) is 2.36. The summed E-state index contributed by atoms with van der Waals surface area (Å²) in [5.74, 6) is -0.459. The van der Waals surface area contributed by atoms with Gasteiger partial charge in [0.25, 0.3) is 5.91 Å². The minimum absolute atomic E-state index is 0.0169. The van der Waals surface area contributed by atoms with Crippen molar-refractivity contribution < 1.29 is 19.1 Å². The van der Waals surface area contributed by atoms with Crippen LogP contribution in [0.3, 0.4) is 0 Å². The fourth-order valence-electron chi connectivity index (χ4n) is 1.85. The van der Waals surface area contributed by atoms with Crippen molar-refractivity contribution >= 4 is 11.9 Å². The summed E-state index contributed by atoms with van der Waals surface area (Å²) in [5, 5.41) is 0. The molecule has 0 aromatic carbocycles. The first-order chi connectivity index (χ1) is 8.19. The molecule has 1 rings (SSSR count). The van der Waals surface area contributed by atoms with Gasteiger partial charge in [-0.25, -0.2) is 0 Å². The molecule has 0 aromatic heterocycles. The van der Waals surface area contributed by atoms with Gasteiger partial charge < -0.3 is 14.4 Å². The molecule has 0 radical (unpaired) electrons. The predicted octanol–water partition coefficient (Wildman–Crippen LogP) is 0.967. The molecule has 5 heteroatoms. The topological polar surface area (TPSA) is 55.8 Å². The van der Waals surface area contributed by atoms with Crippen molar-refractivity contribution in [3.05, 3.63) is 0 Å². The van der Waals surface area contributed by atoms with Crippen molar-refractivity contribution in [1.82, 2.24) is 4.90 Å². The standard InChI is InChI=1S/C12H21NO4/c1-3-13(9-11(14)16-4-2)12(15)10-7-5-6-8-17-10/h10H,3-9H2,1-2H3. The molecule has 0 saturated carbocycles. The minimum atomic E-state index is -0.377.